The Labute approximate surface area is 116 Å². The van der Waals surface area contributed by atoms with Crippen LogP contribution in [0, 0.1) is 5.82 Å². The average Bonchev–Trinajstić information content (AvgIpc) is 2.86. The molecule has 0 amide bonds. The topological polar surface area (TPSA) is 67.2 Å². The molecule has 1 aromatic carbocycles. The Balaban J connectivity index is 2.09. The maximum absolute atomic E-state index is 13.6. The molecule has 1 aromatic heterocycles. The fourth-order valence-electron chi connectivity index (χ4n) is 1.74. The van der Waals surface area contributed by atoms with Crippen LogP contribution in [0.3, 0.4) is 0 Å². The second kappa shape index (κ2) is 5.73. The van der Waals surface area contributed by atoms with E-state index in [1.54, 1.807) is 10.9 Å². The van der Waals surface area contributed by atoms with Gasteiger partial charge in [0.25, 0.3) is 0 Å². The smallest absolute Gasteiger partial charge is 0.335 e. The molecule has 0 atom stereocenters. The number of hydrogen-bond acceptors (Lipinski definition) is 3. The molecule has 5 nitrogen and oxygen atoms in total. The minimum atomic E-state index is -1.08. The van der Waals surface area contributed by atoms with Gasteiger partial charge in [-0.1, -0.05) is 0 Å². The van der Waals surface area contributed by atoms with Crippen LogP contribution in [0.15, 0.2) is 30.6 Å². The number of nitrogens with one attached hydrogen (secondary N) is 1. The van der Waals surface area contributed by atoms with Gasteiger partial charge in [-0.15, -0.1) is 0 Å². The molecular formula is C14H16FN3O2. The predicted molar refractivity (Wildman–Crippen MR) is 73.3 cm³/mol. The highest BCUT2D eigenvalue weighted by Gasteiger charge is 2.09. The molecule has 0 radical (unpaired) electrons. The fourth-order valence-corrected chi connectivity index (χ4v) is 1.74. The quantitative estimate of drug-likeness (QED) is 0.881. The molecule has 0 saturated carbocycles. The molecule has 2 N–H and O–H groups in total. The van der Waals surface area contributed by atoms with Crippen LogP contribution in [-0.2, 0) is 6.54 Å². The van der Waals surface area contributed by atoms with E-state index in [9.17, 15) is 9.18 Å². The minimum absolute atomic E-state index is 0.0479. The van der Waals surface area contributed by atoms with E-state index in [-0.39, 0.29) is 17.3 Å². The number of halogens is 1. The third-order valence-electron chi connectivity index (χ3n) is 2.88. The first kappa shape index (κ1) is 14.0. The number of hydrogen-bond donors (Lipinski definition) is 2. The lowest BCUT2D eigenvalue weighted by molar-refractivity contribution is 0.0697. The van der Waals surface area contributed by atoms with Crippen molar-refractivity contribution < 1.29 is 14.3 Å². The molecule has 0 saturated heterocycles. The van der Waals surface area contributed by atoms with Crippen LogP contribution in [0.4, 0.5) is 10.1 Å². The Bertz CT molecular complexity index is 623. The first-order valence-corrected chi connectivity index (χ1v) is 6.27. The number of aromatic carboxylic acids is 1. The molecule has 2 rings (SSSR count). The van der Waals surface area contributed by atoms with Crippen molar-refractivity contribution in [3.8, 4) is 0 Å². The molecule has 20 heavy (non-hydrogen) atoms. The highest BCUT2D eigenvalue weighted by molar-refractivity contribution is 5.88. The lowest BCUT2D eigenvalue weighted by Gasteiger charge is -2.07. The van der Waals surface area contributed by atoms with Crippen molar-refractivity contribution >= 4 is 11.7 Å². The van der Waals surface area contributed by atoms with Crippen LogP contribution >= 0.6 is 0 Å². The van der Waals surface area contributed by atoms with Crippen LogP contribution in [-0.4, -0.2) is 20.9 Å². The maximum atomic E-state index is 13.6. The Morgan fingerprint density at radius 1 is 1.50 bits per heavy atom. The highest BCUT2D eigenvalue weighted by Crippen LogP contribution is 2.17. The summed E-state index contributed by atoms with van der Waals surface area (Å²) in [5.41, 5.74) is 1.12. The first-order chi connectivity index (χ1) is 9.47. The summed E-state index contributed by atoms with van der Waals surface area (Å²) >= 11 is 0. The van der Waals surface area contributed by atoms with Crippen molar-refractivity contribution in [3.63, 3.8) is 0 Å². The average molecular weight is 277 g/mol. The molecule has 0 unspecified atom stereocenters. The Kier molecular flexibility index (Phi) is 4.02. The zero-order chi connectivity index (χ0) is 14.7. The van der Waals surface area contributed by atoms with Crippen molar-refractivity contribution in [3.05, 3.63) is 47.5 Å². The Morgan fingerprint density at radius 2 is 2.25 bits per heavy atom. The van der Waals surface area contributed by atoms with Gasteiger partial charge in [-0.3, -0.25) is 4.68 Å². The second-order valence-electron chi connectivity index (χ2n) is 4.78. The van der Waals surface area contributed by atoms with Crippen LogP contribution in [0.25, 0.3) is 0 Å². The SMILES string of the molecule is CC(C)n1cc(CNc2cc(C(=O)O)ccc2F)cn1. The van der Waals surface area contributed by atoms with Gasteiger partial charge in [0.15, 0.2) is 0 Å². The number of rotatable bonds is 5. The van der Waals surface area contributed by atoms with Crippen molar-refractivity contribution in [2.24, 2.45) is 0 Å². The Hall–Kier alpha value is -2.37. The summed E-state index contributed by atoms with van der Waals surface area (Å²) in [4.78, 5) is 10.9. The maximum Gasteiger partial charge on any atom is 0.335 e. The zero-order valence-corrected chi connectivity index (χ0v) is 11.3. The van der Waals surface area contributed by atoms with Gasteiger partial charge in [-0.2, -0.15) is 5.10 Å². The number of nitrogens with zero attached hydrogens (tertiary/aromatic N) is 2. The van der Waals surface area contributed by atoms with E-state index >= 15 is 0 Å². The number of carbonyl (C=O) groups is 1. The van der Waals surface area contributed by atoms with Gasteiger partial charge < -0.3 is 10.4 Å². The summed E-state index contributed by atoms with van der Waals surface area (Å²) < 4.78 is 15.4. The number of carboxylic acid groups (broad SMARTS) is 1. The summed E-state index contributed by atoms with van der Waals surface area (Å²) in [6, 6.07) is 3.92. The monoisotopic (exact) mass is 277 g/mol. The number of benzene rings is 1. The minimum Gasteiger partial charge on any atom is -0.478 e. The first-order valence-electron chi connectivity index (χ1n) is 6.27. The van der Waals surface area contributed by atoms with Gasteiger partial charge >= 0.3 is 5.97 Å². The van der Waals surface area contributed by atoms with Gasteiger partial charge in [-0.25, -0.2) is 9.18 Å². The van der Waals surface area contributed by atoms with Gasteiger partial charge in [0.05, 0.1) is 17.4 Å². The van der Waals surface area contributed by atoms with Crippen molar-refractivity contribution in [1.82, 2.24) is 9.78 Å². The third kappa shape index (κ3) is 3.14. The fraction of sp³-hybridized carbons (Fsp3) is 0.286. The molecule has 0 bridgehead atoms. The predicted octanol–water partition coefficient (Wildman–Crippen LogP) is 2.91. The van der Waals surface area contributed by atoms with E-state index in [0.29, 0.717) is 6.54 Å². The van der Waals surface area contributed by atoms with E-state index in [1.807, 2.05) is 20.0 Å². The van der Waals surface area contributed by atoms with Crippen LogP contribution in [0.1, 0.15) is 35.8 Å². The molecule has 0 aliphatic carbocycles. The van der Waals surface area contributed by atoms with Gasteiger partial charge in [0.1, 0.15) is 5.82 Å². The Morgan fingerprint density at radius 3 is 2.85 bits per heavy atom. The lowest BCUT2D eigenvalue weighted by atomic mass is 10.2. The molecule has 2 aromatic rings. The largest absolute Gasteiger partial charge is 0.478 e. The van der Waals surface area contributed by atoms with Gasteiger partial charge in [0.2, 0.25) is 0 Å². The van der Waals surface area contributed by atoms with E-state index in [1.165, 1.54) is 12.1 Å². The van der Waals surface area contributed by atoms with Crippen molar-refractivity contribution in [1.29, 1.82) is 0 Å². The number of anilines is 1. The lowest BCUT2D eigenvalue weighted by Crippen LogP contribution is -2.04. The van der Waals surface area contributed by atoms with Gasteiger partial charge in [0, 0.05) is 24.3 Å². The number of aromatic nitrogens is 2. The third-order valence-corrected chi connectivity index (χ3v) is 2.88. The zero-order valence-electron chi connectivity index (χ0n) is 11.3. The van der Waals surface area contributed by atoms with Gasteiger partial charge in [-0.05, 0) is 32.0 Å². The summed E-state index contributed by atoms with van der Waals surface area (Å²) in [7, 11) is 0. The van der Waals surface area contributed by atoms with Crippen LogP contribution in [0.2, 0.25) is 0 Å². The number of carboxylic acids is 1. The summed E-state index contributed by atoms with van der Waals surface area (Å²) in [5, 5.41) is 16.0. The van der Waals surface area contributed by atoms with E-state index in [2.05, 4.69) is 10.4 Å². The van der Waals surface area contributed by atoms with Crippen molar-refractivity contribution in [2.45, 2.75) is 26.4 Å². The second-order valence-corrected chi connectivity index (χ2v) is 4.78. The molecule has 1 heterocycles. The standard InChI is InChI=1S/C14H16FN3O2/c1-9(2)18-8-10(7-17-18)6-16-13-5-11(14(19)20)3-4-12(13)15/h3-5,7-9,16H,6H2,1-2H3,(H,19,20). The molecule has 0 fully saturated rings. The summed E-state index contributed by atoms with van der Waals surface area (Å²) in [6.07, 6.45) is 3.57. The summed E-state index contributed by atoms with van der Waals surface area (Å²) in [5.74, 6) is -1.56. The normalized spacial score (nSPS) is 10.8. The molecule has 0 aliphatic rings. The molecular weight excluding hydrogens is 261 g/mol. The van der Waals surface area contributed by atoms with E-state index in [0.717, 1.165) is 11.6 Å². The molecule has 0 spiro atoms. The van der Waals surface area contributed by atoms with E-state index in [4.69, 9.17) is 5.11 Å². The molecule has 106 valence electrons. The molecule has 0 aliphatic heterocycles. The van der Waals surface area contributed by atoms with E-state index < -0.39 is 11.8 Å². The van der Waals surface area contributed by atoms with Crippen molar-refractivity contribution in [2.75, 3.05) is 5.32 Å². The summed E-state index contributed by atoms with van der Waals surface area (Å²) in [6.45, 7) is 4.41. The molecule has 6 heteroatoms. The van der Waals surface area contributed by atoms with Crippen LogP contribution < -0.4 is 5.32 Å². The highest BCUT2D eigenvalue weighted by atomic mass is 19.1. The van der Waals surface area contributed by atoms with Crippen LogP contribution in [0.5, 0.6) is 0 Å².